The van der Waals surface area contributed by atoms with Crippen molar-refractivity contribution in [1.82, 2.24) is 15.5 Å². The van der Waals surface area contributed by atoms with Crippen molar-refractivity contribution < 1.29 is 14.3 Å². The number of esters is 1. The number of carbonyl (C=O) groups excluding carboxylic acids is 2. The minimum atomic E-state index is -0.536. The molecule has 2 N–H and O–H groups in total. The summed E-state index contributed by atoms with van der Waals surface area (Å²) in [5.74, 6) is 1.22. The second kappa shape index (κ2) is 7.22. The molecule has 0 radical (unpaired) electrons. The molecule has 3 atom stereocenters. The van der Waals surface area contributed by atoms with Gasteiger partial charge in [-0.3, -0.25) is 9.69 Å². The zero-order chi connectivity index (χ0) is 15.4. The molecule has 2 aliphatic rings. The topological polar surface area (TPSA) is 70.7 Å². The van der Waals surface area contributed by atoms with Crippen LogP contribution in [0.5, 0.6) is 0 Å². The highest BCUT2D eigenvalue weighted by molar-refractivity contribution is 5.85. The van der Waals surface area contributed by atoms with Gasteiger partial charge in [-0.15, -0.1) is 0 Å². The number of methoxy groups -OCH3 is 1. The van der Waals surface area contributed by atoms with Crippen molar-refractivity contribution in [3.8, 4) is 0 Å². The van der Waals surface area contributed by atoms with Crippen molar-refractivity contribution in [3.63, 3.8) is 0 Å². The van der Waals surface area contributed by atoms with E-state index in [1.54, 1.807) is 0 Å². The van der Waals surface area contributed by atoms with E-state index < -0.39 is 6.04 Å². The molecule has 2 rings (SSSR count). The number of likely N-dealkylation sites (tertiary alicyclic amines) is 1. The summed E-state index contributed by atoms with van der Waals surface area (Å²) >= 11 is 0. The lowest BCUT2D eigenvalue weighted by molar-refractivity contribution is -0.145. The van der Waals surface area contributed by atoms with Crippen LogP contribution in [0.1, 0.15) is 20.3 Å². The van der Waals surface area contributed by atoms with E-state index in [4.69, 9.17) is 4.74 Å². The van der Waals surface area contributed by atoms with Crippen LogP contribution in [0, 0.1) is 17.8 Å². The van der Waals surface area contributed by atoms with Gasteiger partial charge in [-0.25, -0.2) is 4.79 Å². The Bertz CT molecular complexity index is 374. The Kier molecular flexibility index (Phi) is 5.58. The molecule has 2 heterocycles. The number of hydrogen-bond donors (Lipinski definition) is 2. The highest BCUT2D eigenvalue weighted by Gasteiger charge is 2.36. The highest BCUT2D eigenvalue weighted by atomic mass is 16.5. The van der Waals surface area contributed by atoms with Crippen molar-refractivity contribution in [1.29, 1.82) is 0 Å². The number of amides is 1. The van der Waals surface area contributed by atoms with Crippen LogP contribution in [-0.2, 0) is 14.3 Å². The minimum Gasteiger partial charge on any atom is -0.467 e. The smallest absolute Gasteiger partial charge is 0.328 e. The number of fused-ring (bicyclic) bond motifs is 1. The normalized spacial score (nSPS) is 26.7. The summed E-state index contributed by atoms with van der Waals surface area (Å²) in [4.78, 5) is 26.1. The Morgan fingerprint density at radius 1 is 1.29 bits per heavy atom. The van der Waals surface area contributed by atoms with Gasteiger partial charge in [-0.2, -0.15) is 0 Å². The average molecular weight is 297 g/mol. The van der Waals surface area contributed by atoms with Gasteiger partial charge in [0.2, 0.25) is 5.91 Å². The molecule has 0 bridgehead atoms. The van der Waals surface area contributed by atoms with Crippen LogP contribution >= 0.6 is 0 Å². The van der Waals surface area contributed by atoms with E-state index in [9.17, 15) is 9.59 Å². The van der Waals surface area contributed by atoms with Crippen LogP contribution in [0.25, 0.3) is 0 Å². The predicted octanol–water partition coefficient (Wildman–Crippen LogP) is -0.158. The molecule has 0 aromatic heterocycles. The molecule has 6 nitrogen and oxygen atoms in total. The Balaban J connectivity index is 1.80. The fourth-order valence-electron chi connectivity index (χ4n) is 3.35. The van der Waals surface area contributed by atoms with Gasteiger partial charge in [-0.1, -0.05) is 13.8 Å². The largest absolute Gasteiger partial charge is 0.467 e. The van der Waals surface area contributed by atoms with Crippen molar-refractivity contribution in [2.45, 2.75) is 26.3 Å². The van der Waals surface area contributed by atoms with Gasteiger partial charge in [0, 0.05) is 13.1 Å². The maximum Gasteiger partial charge on any atom is 0.328 e. The maximum atomic E-state index is 12.2. The molecule has 0 saturated carbocycles. The summed E-state index contributed by atoms with van der Waals surface area (Å²) in [6.07, 6.45) is 0.605. The van der Waals surface area contributed by atoms with E-state index in [-0.39, 0.29) is 11.9 Å². The van der Waals surface area contributed by atoms with Gasteiger partial charge in [0.25, 0.3) is 0 Å². The summed E-state index contributed by atoms with van der Waals surface area (Å²) in [6, 6.07) is -0.536. The molecular weight excluding hydrogens is 270 g/mol. The molecule has 0 aromatic rings. The van der Waals surface area contributed by atoms with E-state index in [1.165, 1.54) is 7.11 Å². The summed E-state index contributed by atoms with van der Waals surface area (Å²) in [6.45, 7) is 8.48. The molecule has 2 fully saturated rings. The first-order valence-electron chi connectivity index (χ1n) is 7.79. The van der Waals surface area contributed by atoms with E-state index in [0.717, 1.165) is 26.2 Å². The van der Waals surface area contributed by atoms with Gasteiger partial charge in [0.05, 0.1) is 13.7 Å². The SMILES string of the molecule is COC(=O)C(CC(C)C)NC(=O)CN1C[C@H]2CNC[C@H]2C1. The zero-order valence-corrected chi connectivity index (χ0v) is 13.2. The molecule has 1 unspecified atom stereocenters. The van der Waals surface area contributed by atoms with Gasteiger partial charge in [0.1, 0.15) is 6.04 Å². The van der Waals surface area contributed by atoms with Gasteiger partial charge >= 0.3 is 5.97 Å². The van der Waals surface area contributed by atoms with Crippen LogP contribution in [-0.4, -0.2) is 62.7 Å². The van der Waals surface area contributed by atoms with E-state index >= 15 is 0 Å². The van der Waals surface area contributed by atoms with Crippen LogP contribution in [0.2, 0.25) is 0 Å². The third-order valence-electron chi connectivity index (χ3n) is 4.36. The monoisotopic (exact) mass is 297 g/mol. The Hall–Kier alpha value is -1.14. The lowest BCUT2D eigenvalue weighted by atomic mass is 10.0. The molecule has 2 saturated heterocycles. The fourth-order valence-corrected chi connectivity index (χ4v) is 3.35. The standard InChI is InChI=1S/C15H27N3O3/c1-10(2)4-13(15(20)21-3)17-14(19)9-18-7-11-5-16-6-12(11)8-18/h10-13,16H,4-9H2,1-3H3,(H,17,19)/t11-,12+,13?. The molecule has 2 aliphatic heterocycles. The molecular formula is C15H27N3O3. The number of rotatable bonds is 6. The highest BCUT2D eigenvalue weighted by Crippen LogP contribution is 2.25. The van der Waals surface area contributed by atoms with Crippen molar-refractivity contribution in [2.24, 2.45) is 17.8 Å². The third kappa shape index (κ3) is 4.41. The minimum absolute atomic E-state index is 0.0843. The van der Waals surface area contributed by atoms with Crippen LogP contribution < -0.4 is 10.6 Å². The second-order valence-corrected chi connectivity index (χ2v) is 6.65. The number of nitrogens with zero attached hydrogens (tertiary/aromatic N) is 1. The van der Waals surface area contributed by atoms with Crippen LogP contribution in [0.3, 0.4) is 0 Å². The molecule has 120 valence electrons. The van der Waals surface area contributed by atoms with Crippen molar-refractivity contribution in [2.75, 3.05) is 39.8 Å². The van der Waals surface area contributed by atoms with Gasteiger partial charge in [-0.05, 0) is 37.3 Å². The summed E-state index contributed by atoms with van der Waals surface area (Å²) < 4.78 is 4.77. The van der Waals surface area contributed by atoms with Crippen molar-refractivity contribution >= 4 is 11.9 Å². The van der Waals surface area contributed by atoms with Crippen LogP contribution in [0.15, 0.2) is 0 Å². The number of nitrogens with one attached hydrogen (secondary N) is 2. The number of ether oxygens (including phenoxy) is 1. The molecule has 21 heavy (non-hydrogen) atoms. The number of hydrogen-bond acceptors (Lipinski definition) is 5. The second-order valence-electron chi connectivity index (χ2n) is 6.65. The first kappa shape index (κ1) is 16.2. The predicted molar refractivity (Wildman–Crippen MR) is 79.7 cm³/mol. The quantitative estimate of drug-likeness (QED) is 0.667. The Morgan fingerprint density at radius 2 is 1.90 bits per heavy atom. The van der Waals surface area contributed by atoms with E-state index in [1.807, 2.05) is 13.8 Å². The molecule has 6 heteroatoms. The summed E-state index contributed by atoms with van der Waals surface area (Å²) in [5.41, 5.74) is 0. The first-order valence-corrected chi connectivity index (χ1v) is 7.79. The van der Waals surface area contributed by atoms with E-state index in [2.05, 4.69) is 15.5 Å². The van der Waals surface area contributed by atoms with Gasteiger partial charge < -0.3 is 15.4 Å². The first-order chi connectivity index (χ1) is 9.99. The lowest BCUT2D eigenvalue weighted by Gasteiger charge is -2.21. The maximum absolute atomic E-state index is 12.2. The molecule has 0 aliphatic carbocycles. The Labute approximate surface area is 126 Å². The summed E-state index contributed by atoms with van der Waals surface area (Å²) in [5, 5.41) is 6.21. The molecule has 0 spiro atoms. The fraction of sp³-hybridized carbons (Fsp3) is 0.867. The van der Waals surface area contributed by atoms with Crippen molar-refractivity contribution in [3.05, 3.63) is 0 Å². The number of carbonyl (C=O) groups is 2. The average Bonchev–Trinajstić information content (AvgIpc) is 2.97. The van der Waals surface area contributed by atoms with E-state index in [0.29, 0.717) is 30.7 Å². The summed E-state index contributed by atoms with van der Waals surface area (Å²) in [7, 11) is 1.36. The van der Waals surface area contributed by atoms with Gasteiger partial charge in [0.15, 0.2) is 0 Å². The van der Waals surface area contributed by atoms with Crippen LogP contribution in [0.4, 0.5) is 0 Å². The molecule has 1 amide bonds. The zero-order valence-electron chi connectivity index (χ0n) is 13.2. The molecule has 0 aromatic carbocycles. The third-order valence-corrected chi connectivity index (χ3v) is 4.36. The lowest BCUT2D eigenvalue weighted by Crippen LogP contribution is -2.46. The Morgan fingerprint density at radius 3 is 2.43 bits per heavy atom.